The smallest absolute Gasteiger partial charge is 0.290 e. The van der Waals surface area contributed by atoms with Crippen molar-refractivity contribution in [2.24, 2.45) is 0 Å². The maximum absolute atomic E-state index is 11.5. The summed E-state index contributed by atoms with van der Waals surface area (Å²) in [6, 6.07) is 16.7. The molecule has 1 saturated heterocycles. The molecule has 28 heavy (non-hydrogen) atoms. The number of carbonyl (C=O) groups excluding carboxylic acids is 2. The fourth-order valence-corrected chi connectivity index (χ4v) is 3.70. The number of thioether (sulfide) groups is 1. The molecule has 1 heterocycles. The number of nitrogens with one attached hydrogen (secondary N) is 1. The Bertz CT molecular complexity index is 856. The molecule has 2 amide bonds. The lowest BCUT2D eigenvalue weighted by Crippen LogP contribution is -2.17. The molecule has 1 N–H and O–H groups in total. The van der Waals surface area contributed by atoms with E-state index in [-0.39, 0.29) is 17.3 Å². The van der Waals surface area contributed by atoms with Gasteiger partial charge in [-0.15, -0.1) is 0 Å². The highest BCUT2D eigenvalue weighted by Crippen LogP contribution is 2.25. The maximum Gasteiger partial charge on any atom is 0.290 e. The molecule has 1 atom stereocenters. The van der Waals surface area contributed by atoms with Crippen LogP contribution in [-0.4, -0.2) is 11.1 Å². The summed E-state index contributed by atoms with van der Waals surface area (Å²) in [5.41, 5.74) is 3.68. The number of rotatable bonds is 8. The largest absolute Gasteiger partial charge is 0.486 e. The molecule has 1 aliphatic heterocycles. The molecule has 0 bridgehead atoms. The quantitative estimate of drug-likeness (QED) is 0.459. The van der Waals surface area contributed by atoms with Gasteiger partial charge in [0.1, 0.15) is 11.9 Å². The number of hydrogen-bond donors (Lipinski definition) is 1. The molecule has 1 fully saturated rings. The van der Waals surface area contributed by atoms with E-state index in [0.29, 0.717) is 4.91 Å². The Balaban J connectivity index is 1.42. The van der Waals surface area contributed by atoms with E-state index in [1.165, 1.54) is 16.7 Å². The Morgan fingerprint density at radius 3 is 2.39 bits per heavy atom. The van der Waals surface area contributed by atoms with E-state index < -0.39 is 0 Å². The number of unbranched alkanes of at least 4 members (excludes halogenated alkanes) is 2. The molecule has 4 nitrogen and oxygen atoms in total. The second-order valence-electron chi connectivity index (χ2n) is 6.97. The van der Waals surface area contributed by atoms with E-state index in [1.54, 1.807) is 0 Å². The lowest BCUT2D eigenvalue weighted by molar-refractivity contribution is -0.115. The van der Waals surface area contributed by atoms with Crippen LogP contribution in [0.5, 0.6) is 5.75 Å². The number of allylic oxidation sites excluding steroid dienone is 1. The highest BCUT2D eigenvalue weighted by Gasteiger charge is 2.24. The molecule has 2 aromatic rings. The minimum atomic E-state index is -0.282. The summed E-state index contributed by atoms with van der Waals surface area (Å²) in [7, 11) is 0. The normalized spacial score (nSPS) is 16.3. The third-order valence-corrected chi connectivity index (χ3v) is 5.53. The van der Waals surface area contributed by atoms with Crippen LogP contribution in [0.4, 0.5) is 4.79 Å². The van der Waals surface area contributed by atoms with Gasteiger partial charge in [0.05, 0.1) is 4.91 Å². The number of carbonyl (C=O) groups is 2. The number of ether oxygens (including phenoxy) is 1. The number of hydrogen-bond acceptors (Lipinski definition) is 4. The SMILES string of the molecule is Cc1ccc(C(C)Oc2ccc(CCCCC=C3SC(=O)NC3=O)cc2)cc1. The number of imide groups is 1. The fourth-order valence-electron chi connectivity index (χ4n) is 3.01. The molecule has 3 rings (SSSR count). The summed E-state index contributed by atoms with van der Waals surface area (Å²) >= 11 is 0.981. The number of aryl methyl sites for hydroxylation is 2. The van der Waals surface area contributed by atoms with Crippen LogP contribution in [0.25, 0.3) is 0 Å². The van der Waals surface area contributed by atoms with Crippen LogP contribution in [0.1, 0.15) is 49.0 Å². The molecule has 0 spiro atoms. The molecule has 1 unspecified atom stereocenters. The molecular weight excluding hydrogens is 370 g/mol. The van der Waals surface area contributed by atoms with Gasteiger partial charge in [-0.3, -0.25) is 14.9 Å². The standard InChI is InChI=1S/C23H25NO3S/c1-16-8-12-19(13-9-16)17(2)27-20-14-10-18(11-15-20)6-4-3-5-7-21-22(25)24-23(26)28-21/h7-15,17H,3-6H2,1-2H3,(H,24,25,26). The van der Waals surface area contributed by atoms with E-state index in [9.17, 15) is 9.59 Å². The van der Waals surface area contributed by atoms with Crippen LogP contribution in [0, 0.1) is 6.92 Å². The maximum atomic E-state index is 11.5. The van der Waals surface area contributed by atoms with Crippen molar-refractivity contribution >= 4 is 22.9 Å². The Morgan fingerprint density at radius 1 is 1.04 bits per heavy atom. The van der Waals surface area contributed by atoms with Crippen LogP contribution in [0.15, 0.2) is 59.5 Å². The van der Waals surface area contributed by atoms with Gasteiger partial charge in [0.2, 0.25) is 0 Å². The van der Waals surface area contributed by atoms with Gasteiger partial charge >= 0.3 is 0 Å². The van der Waals surface area contributed by atoms with Gasteiger partial charge in [0.15, 0.2) is 0 Å². The van der Waals surface area contributed by atoms with Gasteiger partial charge in [-0.05, 0) is 74.6 Å². The van der Waals surface area contributed by atoms with Crippen molar-refractivity contribution in [1.29, 1.82) is 0 Å². The Morgan fingerprint density at radius 2 is 1.75 bits per heavy atom. The first kappa shape index (κ1) is 20.2. The average Bonchev–Trinajstić information content (AvgIpc) is 3.00. The van der Waals surface area contributed by atoms with E-state index in [0.717, 1.165) is 43.2 Å². The third kappa shape index (κ3) is 5.73. The van der Waals surface area contributed by atoms with Crippen LogP contribution < -0.4 is 10.1 Å². The summed E-state index contributed by atoms with van der Waals surface area (Å²) in [6.07, 6.45) is 5.66. The zero-order valence-corrected chi connectivity index (χ0v) is 17.1. The van der Waals surface area contributed by atoms with Crippen molar-refractivity contribution in [2.75, 3.05) is 0 Å². The first-order valence-electron chi connectivity index (χ1n) is 9.57. The molecular formula is C23H25NO3S. The van der Waals surface area contributed by atoms with Crippen molar-refractivity contribution in [3.8, 4) is 5.75 Å². The van der Waals surface area contributed by atoms with Crippen molar-refractivity contribution in [3.05, 3.63) is 76.2 Å². The summed E-state index contributed by atoms with van der Waals surface area (Å²) < 4.78 is 6.04. The minimum absolute atomic E-state index is 0.0111. The monoisotopic (exact) mass is 395 g/mol. The zero-order valence-electron chi connectivity index (χ0n) is 16.2. The lowest BCUT2D eigenvalue weighted by Gasteiger charge is -2.15. The summed E-state index contributed by atoms with van der Waals surface area (Å²) in [6.45, 7) is 4.14. The minimum Gasteiger partial charge on any atom is -0.486 e. The first-order chi connectivity index (χ1) is 13.5. The van der Waals surface area contributed by atoms with Crippen LogP contribution in [0.3, 0.4) is 0 Å². The predicted molar refractivity (Wildman–Crippen MR) is 113 cm³/mol. The van der Waals surface area contributed by atoms with Gasteiger partial charge in [-0.2, -0.15) is 0 Å². The third-order valence-electron chi connectivity index (χ3n) is 4.67. The fraction of sp³-hybridized carbons (Fsp3) is 0.304. The van der Waals surface area contributed by atoms with Gasteiger partial charge in [0, 0.05) is 0 Å². The topological polar surface area (TPSA) is 55.4 Å². The Kier molecular flexibility index (Phi) is 6.93. The van der Waals surface area contributed by atoms with Gasteiger partial charge in [-0.1, -0.05) is 48.0 Å². The second kappa shape index (κ2) is 9.60. The van der Waals surface area contributed by atoms with Crippen LogP contribution in [0.2, 0.25) is 0 Å². The highest BCUT2D eigenvalue weighted by molar-refractivity contribution is 8.18. The Labute approximate surface area is 170 Å². The van der Waals surface area contributed by atoms with E-state index in [1.807, 2.05) is 18.2 Å². The van der Waals surface area contributed by atoms with E-state index in [2.05, 4.69) is 55.6 Å². The molecule has 0 saturated carbocycles. The van der Waals surface area contributed by atoms with Crippen molar-refractivity contribution in [1.82, 2.24) is 5.32 Å². The van der Waals surface area contributed by atoms with Crippen LogP contribution in [-0.2, 0) is 11.2 Å². The molecule has 146 valence electrons. The summed E-state index contributed by atoms with van der Waals surface area (Å²) in [5, 5.41) is 1.99. The van der Waals surface area contributed by atoms with Crippen molar-refractivity contribution in [3.63, 3.8) is 0 Å². The van der Waals surface area contributed by atoms with Gasteiger partial charge in [-0.25, -0.2) is 0 Å². The molecule has 0 aliphatic carbocycles. The molecule has 5 heteroatoms. The van der Waals surface area contributed by atoms with Gasteiger partial charge in [0.25, 0.3) is 11.1 Å². The van der Waals surface area contributed by atoms with E-state index in [4.69, 9.17) is 4.74 Å². The first-order valence-corrected chi connectivity index (χ1v) is 10.4. The highest BCUT2D eigenvalue weighted by atomic mass is 32.2. The zero-order chi connectivity index (χ0) is 19.9. The van der Waals surface area contributed by atoms with E-state index >= 15 is 0 Å². The number of amides is 2. The second-order valence-corrected chi connectivity index (χ2v) is 7.99. The average molecular weight is 396 g/mol. The predicted octanol–water partition coefficient (Wildman–Crippen LogP) is 5.71. The summed E-state index contributed by atoms with van der Waals surface area (Å²) in [5.74, 6) is 0.598. The lowest BCUT2D eigenvalue weighted by atomic mass is 10.1. The summed E-state index contributed by atoms with van der Waals surface area (Å²) in [4.78, 5) is 23.1. The van der Waals surface area contributed by atoms with Gasteiger partial charge < -0.3 is 4.74 Å². The molecule has 2 aromatic carbocycles. The van der Waals surface area contributed by atoms with Crippen LogP contribution >= 0.6 is 11.8 Å². The molecule has 0 aromatic heterocycles. The molecule has 1 aliphatic rings. The number of benzene rings is 2. The Hall–Kier alpha value is -2.53. The van der Waals surface area contributed by atoms with Crippen molar-refractivity contribution < 1.29 is 14.3 Å². The molecule has 0 radical (unpaired) electrons. The van der Waals surface area contributed by atoms with Crippen molar-refractivity contribution in [2.45, 2.75) is 45.6 Å².